The summed E-state index contributed by atoms with van der Waals surface area (Å²) in [5, 5.41) is 10.6. The summed E-state index contributed by atoms with van der Waals surface area (Å²) in [4.78, 5) is 73.0. The maximum atomic E-state index is 13.1. The molecule has 5 atom stereocenters. The van der Waals surface area contributed by atoms with Gasteiger partial charge in [-0.3, -0.25) is 37.3 Å². The van der Waals surface area contributed by atoms with Crippen LogP contribution in [0.1, 0.15) is 310 Å². The van der Waals surface area contributed by atoms with Gasteiger partial charge in [-0.2, -0.15) is 0 Å². The molecule has 0 aliphatic rings. The fourth-order valence-corrected chi connectivity index (χ4v) is 11.7. The molecule has 0 aliphatic heterocycles. The number of esters is 4. The van der Waals surface area contributed by atoms with Crippen molar-refractivity contribution in [3.05, 3.63) is 146 Å². The number of aliphatic hydroxyl groups is 1. The van der Waals surface area contributed by atoms with Crippen LogP contribution in [0.2, 0.25) is 0 Å². The van der Waals surface area contributed by atoms with E-state index in [9.17, 15) is 43.2 Å². The molecule has 0 rings (SSSR count). The zero-order valence-corrected chi connectivity index (χ0v) is 66.7. The Kier molecular flexibility index (Phi) is 72.4. The van der Waals surface area contributed by atoms with Crippen molar-refractivity contribution in [2.75, 3.05) is 39.6 Å². The summed E-state index contributed by atoms with van der Waals surface area (Å²) >= 11 is 0. The molecule has 0 heterocycles. The topological polar surface area (TPSA) is 237 Å². The maximum Gasteiger partial charge on any atom is 0.472 e. The van der Waals surface area contributed by atoms with Gasteiger partial charge in [-0.1, -0.05) is 276 Å². The summed E-state index contributed by atoms with van der Waals surface area (Å²) in [5.74, 6) is -2.35. The molecule has 0 spiro atoms. The minimum Gasteiger partial charge on any atom is -0.462 e. The van der Waals surface area contributed by atoms with E-state index >= 15 is 0 Å². The number of carbonyl (C=O) groups excluding carboxylic acids is 4. The minimum absolute atomic E-state index is 0.0103. The third-order valence-corrected chi connectivity index (χ3v) is 18.2. The Bertz CT molecular complexity index is 2540. The van der Waals surface area contributed by atoms with Crippen molar-refractivity contribution < 1.29 is 80.2 Å². The predicted octanol–water partition coefficient (Wildman–Crippen LogP) is 23.4. The second-order valence-corrected chi connectivity index (χ2v) is 29.3. The van der Waals surface area contributed by atoms with Gasteiger partial charge in [-0.05, 0) is 154 Å². The van der Waals surface area contributed by atoms with Crippen LogP contribution in [0.25, 0.3) is 0 Å². The van der Waals surface area contributed by atoms with Crippen LogP contribution in [0, 0.1) is 0 Å². The molecule has 2 unspecified atom stereocenters. The number of rotatable bonds is 74. The highest BCUT2D eigenvalue weighted by atomic mass is 31.2. The van der Waals surface area contributed by atoms with Crippen molar-refractivity contribution in [1.29, 1.82) is 0 Å². The van der Waals surface area contributed by atoms with E-state index in [0.29, 0.717) is 38.5 Å². The molecule has 0 aromatic heterocycles. The monoisotopic (exact) mass is 1500 g/mol. The lowest BCUT2D eigenvalue weighted by Crippen LogP contribution is -2.30. The zero-order chi connectivity index (χ0) is 76.0. The molecular formula is C85H142O17P2. The molecule has 19 heteroatoms. The van der Waals surface area contributed by atoms with E-state index < -0.39 is 97.5 Å². The van der Waals surface area contributed by atoms with Gasteiger partial charge in [0, 0.05) is 25.7 Å². The molecule has 3 N–H and O–H groups in total. The number of unbranched alkanes of at least 4 members (excludes halogenated alkanes) is 26. The number of phosphoric ester groups is 2. The highest BCUT2D eigenvalue weighted by molar-refractivity contribution is 7.47. The molecule has 0 aromatic carbocycles. The first-order chi connectivity index (χ1) is 50.7. The highest BCUT2D eigenvalue weighted by Crippen LogP contribution is 2.45. The summed E-state index contributed by atoms with van der Waals surface area (Å²) in [6, 6.07) is 0. The van der Waals surface area contributed by atoms with E-state index in [0.717, 1.165) is 128 Å². The van der Waals surface area contributed by atoms with Gasteiger partial charge >= 0.3 is 39.5 Å². The highest BCUT2D eigenvalue weighted by Gasteiger charge is 2.30. The summed E-state index contributed by atoms with van der Waals surface area (Å²) in [7, 11) is -10.0. The van der Waals surface area contributed by atoms with E-state index in [2.05, 4.69) is 149 Å². The number of phosphoric acid groups is 2. The number of carbonyl (C=O) groups is 4. The molecule has 0 amide bonds. The van der Waals surface area contributed by atoms with Gasteiger partial charge in [-0.15, -0.1) is 0 Å². The molecule has 0 aliphatic carbocycles. The zero-order valence-electron chi connectivity index (χ0n) is 64.9. The van der Waals surface area contributed by atoms with Gasteiger partial charge in [0.2, 0.25) is 0 Å². The first-order valence-corrected chi connectivity index (χ1v) is 43.1. The fourth-order valence-electron chi connectivity index (χ4n) is 10.1. The van der Waals surface area contributed by atoms with Gasteiger partial charge in [-0.25, -0.2) is 9.13 Å². The molecule has 0 fully saturated rings. The number of ether oxygens (including phenoxy) is 4. The first kappa shape index (κ1) is 98.9. The molecule has 0 bridgehead atoms. The van der Waals surface area contributed by atoms with Crippen LogP contribution in [0.15, 0.2) is 146 Å². The van der Waals surface area contributed by atoms with E-state index in [-0.39, 0.29) is 25.7 Å². The number of hydrogen-bond acceptors (Lipinski definition) is 15. The lowest BCUT2D eigenvalue weighted by Gasteiger charge is -2.21. The Morgan fingerprint density at radius 2 is 0.510 bits per heavy atom. The molecule has 594 valence electrons. The van der Waals surface area contributed by atoms with Crippen molar-refractivity contribution in [3.63, 3.8) is 0 Å². The molecule has 0 saturated heterocycles. The van der Waals surface area contributed by atoms with Crippen LogP contribution in [0.3, 0.4) is 0 Å². The maximum absolute atomic E-state index is 13.1. The van der Waals surface area contributed by atoms with Gasteiger partial charge in [0.15, 0.2) is 12.2 Å². The van der Waals surface area contributed by atoms with Crippen molar-refractivity contribution in [3.8, 4) is 0 Å². The van der Waals surface area contributed by atoms with Crippen LogP contribution in [-0.4, -0.2) is 96.7 Å². The van der Waals surface area contributed by atoms with E-state index in [4.69, 9.17) is 37.0 Å². The molecule has 0 aromatic rings. The Hall–Kier alpha value is -5.06. The van der Waals surface area contributed by atoms with E-state index in [1.165, 1.54) is 89.9 Å². The van der Waals surface area contributed by atoms with Crippen molar-refractivity contribution in [1.82, 2.24) is 0 Å². The Balaban J connectivity index is 5.50. The quantitative estimate of drug-likeness (QED) is 0.0128. The SMILES string of the molecule is CCCCC/C=C\C/C=C\C/C=C\C/C=C\CCCC(=O)OC[C@H](COP(=O)(O)OC[C@H](O)COP(=O)(O)OC[C@@H](COC(=O)CCCCCCC/C=C\C=C/CCCCCC)OC(=O)CCC/C=C\C/C=C\C/C=C\C/C=C\CCCCC)OC(=O)CCCCCCC/C=C\C=C/CCCCCC. The third-order valence-electron chi connectivity index (χ3n) is 16.3. The minimum atomic E-state index is -5.00. The average molecular weight is 1500 g/mol. The number of allylic oxidation sites excluding steroid dienone is 24. The standard InChI is InChI=1S/C85H142O17P2/c1-5-9-13-17-21-25-29-33-37-39-43-46-50-54-58-62-66-70-83(88)96-76-80(101-84(89)71-67-63-59-55-51-47-42-36-32-28-24-20-16-12-8-4)77-99-103(91,92)97-73-79(86)74-98-104(93,94)100-78-81(75-95-82(87)69-65-61-57-53-49-45-41-35-31-27-23-19-15-11-7-3)102-85(90)72-68-64-60-56-52-48-44-40-38-34-30-26-22-18-14-10-6-2/h21-22,25-28,31-38,41-44,46,48,54,56,58,60,79-81,86H,5-20,23-24,29-30,39-40,45,47,49-53,55,57,59,61-78H2,1-4H3,(H,91,92)(H,93,94)/b25-21-,26-22-,31-27-,32-28-,37-33-,38-34-,41-35-,42-36-,46-43-,48-44-,58-54-,60-56-/t79-,80+,81+/m0/s1. The normalized spacial score (nSPS) is 14.6. The van der Waals surface area contributed by atoms with E-state index in [1.807, 2.05) is 24.3 Å². The molecule has 0 saturated carbocycles. The van der Waals surface area contributed by atoms with Crippen molar-refractivity contribution in [2.24, 2.45) is 0 Å². The van der Waals surface area contributed by atoms with Gasteiger partial charge < -0.3 is 33.8 Å². The van der Waals surface area contributed by atoms with Crippen LogP contribution in [-0.2, 0) is 65.4 Å². The lowest BCUT2D eigenvalue weighted by molar-refractivity contribution is -0.161. The van der Waals surface area contributed by atoms with Crippen molar-refractivity contribution in [2.45, 2.75) is 329 Å². The van der Waals surface area contributed by atoms with Crippen molar-refractivity contribution >= 4 is 39.5 Å². The Labute approximate surface area is 630 Å². The van der Waals surface area contributed by atoms with Gasteiger partial charge in [0.25, 0.3) is 0 Å². The van der Waals surface area contributed by atoms with Crippen LogP contribution < -0.4 is 0 Å². The molecule has 17 nitrogen and oxygen atoms in total. The molecule has 104 heavy (non-hydrogen) atoms. The molecular weight excluding hydrogens is 1350 g/mol. The number of aliphatic hydroxyl groups excluding tert-OH is 1. The summed E-state index contributed by atoms with van der Waals surface area (Å²) < 4.78 is 68.5. The fraction of sp³-hybridized carbons (Fsp3) is 0.671. The summed E-state index contributed by atoms with van der Waals surface area (Å²) in [6.07, 6.45) is 86.9. The smallest absolute Gasteiger partial charge is 0.462 e. The molecule has 0 radical (unpaired) electrons. The van der Waals surface area contributed by atoms with Gasteiger partial charge in [0.05, 0.1) is 26.4 Å². The van der Waals surface area contributed by atoms with Crippen LogP contribution in [0.5, 0.6) is 0 Å². The second-order valence-electron chi connectivity index (χ2n) is 26.3. The van der Waals surface area contributed by atoms with E-state index in [1.54, 1.807) is 0 Å². The lowest BCUT2D eigenvalue weighted by atomic mass is 10.1. The number of hydrogen-bond donors (Lipinski definition) is 3. The summed E-state index contributed by atoms with van der Waals surface area (Å²) in [5.41, 5.74) is 0. The van der Waals surface area contributed by atoms with Crippen LogP contribution >= 0.6 is 15.6 Å². The van der Waals surface area contributed by atoms with Gasteiger partial charge in [0.1, 0.15) is 19.3 Å². The first-order valence-electron chi connectivity index (χ1n) is 40.1. The van der Waals surface area contributed by atoms with Crippen LogP contribution in [0.4, 0.5) is 0 Å². The average Bonchev–Trinajstić information content (AvgIpc) is 0.909. The Morgan fingerprint density at radius 1 is 0.279 bits per heavy atom. The largest absolute Gasteiger partial charge is 0.472 e. The Morgan fingerprint density at radius 3 is 0.846 bits per heavy atom. The summed E-state index contributed by atoms with van der Waals surface area (Å²) in [6.45, 7) is 4.61. The third kappa shape index (κ3) is 75.2. The predicted molar refractivity (Wildman–Crippen MR) is 427 cm³/mol. The second kappa shape index (κ2) is 76.1.